The summed E-state index contributed by atoms with van der Waals surface area (Å²) in [5, 5.41) is 17.0. The predicted molar refractivity (Wildman–Crippen MR) is 120 cm³/mol. The number of aromatic nitrogens is 1. The first-order valence-corrected chi connectivity index (χ1v) is 10.7. The monoisotopic (exact) mass is 453 g/mol. The molecular weight excluding hydrogens is 426 g/mol. The van der Waals surface area contributed by atoms with E-state index in [2.05, 4.69) is 4.98 Å². The molecule has 1 aromatic heterocycles. The summed E-state index contributed by atoms with van der Waals surface area (Å²) in [5.41, 5.74) is 6.59. The fourth-order valence-electron chi connectivity index (χ4n) is 3.57. The second-order valence-corrected chi connectivity index (χ2v) is 7.66. The molecule has 1 atom stereocenters. The number of carboxylic acids is 1. The number of nitrogen functional groups attached to an aromatic ring is 1. The van der Waals surface area contributed by atoms with Crippen molar-refractivity contribution < 1.29 is 24.2 Å². The summed E-state index contributed by atoms with van der Waals surface area (Å²) >= 11 is 0. The third-order valence-corrected chi connectivity index (χ3v) is 5.39. The number of carbonyl (C=O) groups excluding carboxylic acids is 2. The summed E-state index contributed by atoms with van der Waals surface area (Å²) in [6.07, 6.45) is 2.92. The molecule has 174 valence electrons. The maximum atomic E-state index is 12.6. The van der Waals surface area contributed by atoms with Crippen molar-refractivity contribution in [3.8, 4) is 5.75 Å². The molecular formula is C23H27N5O5. The van der Waals surface area contributed by atoms with Gasteiger partial charge in [0, 0.05) is 43.5 Å². The van der Waals surface area contributed by atoms with Crippen molar-refractivity contribution in [2.45, 2.75) is 25.3 Å². The summed E-state index contributed by atoms with van der Waals surface area (Å²) in [6.45, 7) is 1.27. The van der Waals surface area contributed by atoms with E-state index in [1.54, 1.807) is 48.7 Å². The van der Waals surface area contributed by atoms with Crippen molar-refractivity contribution in [1.29, 1.82) is 5.41 Å². The Balaban J connectivity index is 1.45. The van der Waals surface area contributed by atoms with E-state index in [4.69, 9.17) is 15.9 Å². The van der Waals surface area contributed by atoms with Gasteiger partial charge >= 0.3 is 17.8 Å². The molecule has 33 heavy (non-hydrogen) atoms. The van der Waals surface area contributed by atoms with Crippen LogP contribution in [0, 0.1) is 5.41 Å². The summed E-state index contributed by atoms with van der Waals surface area (Å²) in [4.78, 5) is 43.7. The standard InChI is InChI=1S/C23H27N5O5/c24-20(25)16-6-8-18(9-7-16)33-14-4-3-11-27-12-13-28(22(30)21(27)29)19(23(31)32)15-17-5-1-2-10-26-17/h1-2,5-10,19H,3-4,11-15H2,(H3,24,25)(H,31,32). The smallest absolute Gasteiger partial charge is 0.326 e. The van der Waals surface area contributed by atoms with Gasteiger partial charge in [0.15, 0.2) is 0 Å². The number of benzene rings is 1. The Bertz CT molecular complexity index is 996. The number of unbranched alkanes of at least 4 members (excludes halogenated alkanes) is 1. The third kappa shape index (κ3) is 6.28. The second kappa shape index (κ2) is 11.1. The maximum absolute atomic E-state index is 12.6. The van der Waals surface area contributed by atoms with Crippen molar-refractivity contribution >= 4 is 23.6 Å². The Morgan fingerprint density at radius 3 is 2.52 bits per heavy atom. The maximum Gasteiger partial charge on any atom is 0.326 e. The molecule has 2 heterocycles. The van der Waals surface area contributed by atoms with Crippen LogP contribution in [0.4, 0.5) is 0 Å². The molecule has 10 nitrogen and oxygen atoms in total. The normalized spacial score (nSPS) is 14.8. The van der Waals surface area contributed by atoms with Crippen LogP contribution in [0.25, 0.3) is 0 Å². The van der Waals surface area contributed by atoms with E-state index in [0.717, 1.165) is 4.90 Å². The van der Waals surface area contributed by atoms with E-state index in [0.29, 0.717) is 43.0 Å². The Kier molecular flexibility index (Phi) is 7.96. The number of amides is 2. The Morgan fingerprint density at radius 2 is 1.88 bits per heavy atom. The number of nitrogens with zero attached hydrogens (tertiary/aromatic N) is 3. The molecule has 0 spiro atoms. The van der Waals surface area contributed by atoms with E-state index in [1.807, 2.05) is 0 Å². The average Bonchev–Trinajstić information content (AvgIpc) is 2.81. The highest BCUT2D eigenvalue weighted by Crippen LogP contribution is 2.15. The van der Waals surface area contributed by atoms with Crippen LogP contribution in [0.1, 0.15) is 24.1 Å². The first-order valence-electron chi connectivity index (χ1n) is 10.7. The quantitative estimate of drug-likeness (QED) is 0.198. The number of aliphatic carboxylic acids is 1. The van der Waals surface area contributed by atoms with E-state index in [-0.39, 0.29) is 25.3 Å². The van der Waals surface area contributed by atoms with Crippen molar-refractivity contribution in [1.82, 2.24) is 14.8 Å². The van der Waals surface area contributed by atoms with Crippen LogP contribution in [0.3, 0.4) is 0 Å². The fourth-order valence-corrected chi connectivity index (χ4v) is 3.57. The van der Waals surface area contributed by atoms with Gasteiger partial charge in [0.05, 0.1) is 6.61 Å². The zero-order valence-corrected chi connectivity index (χ0v) is 18.1. The van der Waals surface area contributed by atoms with Gasteiger partial charge in [-0.1, -0.05) is 6.07 Å². The van der Waals surface area contributed by atoms with E-state index >= 15 is 0 Å². The van der Waals surface area contributed by atoms with Crippen LogP contribution in [0.2, 0.25) is 0 Å². The van der Waals surface area contributed by atoms with Crippen molar-refractivity contribution in [2.75, 3.05) is 26.2 Å². The minimum atomic E-state index is -1.16. The van der Waals surface area contributed by atoms with Gasteiger partial charge in [0.25, 0.3) is 0 Å². The summed E-state index contributed by atoms with van der Waals surface area (Å²) < 4.78 is 5.65. The van der Waals surface area contributed by atoms with Crippen molar-refractivity contribution in [3.63, 3.8) is 0 Å². The van der Waals surface area contributed by atoms with E-state index in [9.17, 15) is 19.5 Å². The highest BCUT2D eigenvalue weighted by molar-refractivity contribution is 6.35. The molecule has 2 aromatic rings. The molecule has 3 rings (SSSR count). The van der Waals surface area contributed by atoms with Crippen molar-refractivity contribution in [3.05, 3.63) is 59.9 Å². The first-order chi connectivity index (χ1) is 15.9. The van der Waals surface area contributed by atoms with E-state index in [1.165, 1.54) is 4.90 Å². The number of hydrogen-bond acceptors (Lipinski definition) is 6. The molecule has 0 saturated carbocycles. The number of amidine groups is 1. The molecule has 0 bridgehead atoms. The van der Waals surface area contributed by atoms with Gasteiger partial charge in [-0.25, -0.2) is 4.79 Å². The van der Waals surface area contributed by atoms with Gasteiger partial charge in [-0.2, -0.15) is 0 Å². The summed E-state index contributed by atoms with van der Waals surface area (Å²) in [5.74, 6) is -2.00. The Morgan fingerprint density at radius 1 is 1.12 bits per heavy atom. The number of carbonyl (C=O) groups is 3. The van der Waals surface area contributed by atoms with Crippen LogP contribution in [0.15, 0.2) is 48.7 Å². The number of ether oxygens (including phenoxy) is 1. The number of nitrogens with two attached hydrogens (primary N) is 1. The van der Waals surface area contributed by atoms with Gasteiger partial charge in [0.1, 0.15) is 17.6 Å². The molecule has 10 heteroatoms. The number of hydrogen-bond donors (Lipinski definition) is 3. The molecule has 0 radical (unpaired) electrons. The predicted octanol–water partition coefficient (Wildman–Crippen LogP) is 0.891. The lowest BCUT2D eigenvalue weighted by Gasteiger charge is -2.36. The number of nitrogens with one attached hydrogen (secondary N) is 1. The molecule has 1 aliphatic rings. The molecule has 0 aliphatic carbocycles. The van der Waals surface area contributed by atoms with Crippen LogP contribution in [0.5, 0.6) is 5.75 Å². The number of pyridine rings is 1. The molecule has 1 aliphatic heterocycles. The van der Waals surface area contributed by atoms with Gasteiger partial charge in [0.2, 0.25) is 0 Å². The zero-order valence-electron chi connectivity index (χ0n) is 18.1. The summed E-state index contributed by atoms with van der Waals surface area (Å²) in [6, 6.07) is 10.9. The number of carboxylic acid groups (broad SMARTS) is 1. The van der Waals surface area contributed by atoms with Crippen LogP contribution < -0.4 is 10.5 Å². The van der Waals surface area contributed by atoms with Gasteiger partial charge < -0.3 is 25.4 Å². The third-order valence-electron chi connectivity index (χ3n) is 5.39. The highest BCUT2D eigenvalue weighted by atomic mass is 16.5. The van der Waals surface area contributed by atoms with Crippen LogP contribution in [-0.2, 0) is 20.8 Å². The number of rotatable bonds is 11. The molecule has 2 amide bonds. The Labute approximate surface area is 191 Å². The molecule has 1 saturated heterocycles. The van der Waals surface area contributed by atoms with Gasteiger partial charge in [-0.05, 0) is 49.2 Å². The van der Waals surface area contributed by atoms with Crippen LogP contribution >= 0.6 is 0 Å². The highest BCUT2D eigenvalue weighted by Gasteiger charge is 2.39. The van der Waals surface area contributed by atoms with Gasteiger partial charge in [-0.15, -0.1) is 0 Å². The minimum absolute atomic E-state index is 0.00716. The SMILES string of the molecule is N=C(N)c1ccc(OCCCCN2CCN(C(Cc3ccccn3)C(=O)O)C(=O)C2=O)cc1. The first kappa shape index (κ1) is 23.7. The topological polar surface area (TPSA) is 150 Å². The lowest BCUT2D eigenvalue weighted by atomic mass is 10.1. The fraction of sp³-hybridized carbons (Fsp3) is 0.348. The van der Waals surface area contributed by atoms with Crippen molar-refractivity contribution in [2.24, 2.45) is 5.73 Å². The zero-order chi connectivity index (χ0) is 23.8. The summed E-state index contributed by atoms with van der Waals surface area (Å²) in [7, 11) is 0. The molecule has 1 fully saturated rings. The van der Waals surface area contributed by atoms with Gasteiger partial charge in [-0.3, -0.25) is 20.0 Å². The Hall–Kier alpha value is -3.95. The number of piperazine rings is 1. The van der Waals surface area contributed by atoms with E-state index < -0.39 is 23.8 Å². The lowest BCUT2D eigenvalue weighted by molar-refractivity contribution is -0.162. The largest absolute Gasteiger partial charge is 0.494 e. The molecule has 1 unspecified atom stereocenters. The minimum Gasteiger partial charge on any atom is -0.494 e. The molecule has 4 N–H and O–H groups in total. The second-order valence-electron chi connectivity index (χ2n) is 7.66. The average molecular weight is 453 g/mol. The molecule has 1 aromatic carbocycles. The van der Waals surface area contributed by atoms with Crippen LogP contribution in [-0.4, -0.2) is 75.8 Å². The lowest BCUT2D eigenvalue weighted by Crippen LogP contribution is -2.59.